The maximum absolute atomic E-state index is 13.1. The number of hydrogen-bond acceptors (Lipinski definition) is 6. The minimum Gasteiger partial charge on any atom is -0.368 e. The molecule has 164 valence electrons. The summed E-state index contributed by atoms with van der Waals surface area (Å²) in [5.41, 5.74) is 1.82. The Morgan fingerprint density at radius 3 is 2.39 bits per heavy atom. The molecule has 3 aromatic rings. The Bertz CT molecular complexity index is 1140. The van der Waals surface area contributed by atoms with Gasteiger partial charge in [0.2, 0.25) is 0 Å². The summed E-state index contributed by atoms with van der Waals surface area (Å²) in [6.07, 6.45) is 3.19. The van der Waals surface area contributed by atoms with Crippen molar-refractivity contribution in [1.82, 2.24) is 19.3 Å². The fraction of sp³-hybridized carbons (Fsp3) is 0.333. The van der Waals surface area contributed by atoms with Crippen molar-refractivity contribution in [3.05, 3.63) is 66.0 Å². The molecule has 1 aliphatic rings. The number of hydrogen-bond donors (Lipinski definition) is 1. The Balaban J connectivity index is 1.38. The van der Waals surface area contributed by atoms with E-state index in [2.05, 4.69) is 24.5 Å². The van der Waals surface area contributed by atoms with Crippen molar-refractivity contribution in [2.24, 2.45) is 7.05 Å². The normalized spacial score (nSPS) is 14.8. The second-order valence-electron chi connectivity index (χ2n) is 7.53. The van der Waals surface area contributed by atoms with Crippen molar-refractivity contribution >= 4 is 21.5 Å². The molecule has 1 N–H and O–H groups in total. The van der Waals surface area contributed by atoms with Crippen molar-refractivity contribution in [2.75, 3.05) is 36.0 Å². The van der Waals surface area contributed by atoms with Crippen LogP contribution in [0, 0.1) is 12.7 Å². The summed E-state index contributed by atoms with van der Waals surface area (Å²) in [6, 6.07) is 10.2. The van der Waals surface area contributed by atoms with Crippen LogP contribution < -0.4 is 14.5 Å². The monoisotopic (exact) mass is 444 g/mol. The van der Waals surface area contributed by atoms with Crippen molar-refractivity contribution in [3.8, 4) is 0 Å². The Hall–Kier alpha value is -2.98. The van der Waals surface area contributed by atoms with Gasteiger partial charge in [-0.3, -0.25) is 0 Å². The number of imidazole rings is 1. The van der Waals surface area contributed by atoms with Crippen LogP contribution in [0.15, 0.2) is 53.8 Å². The summed E-state index contributed by atoms with van der Waals surface area (Å²) in [5.74, 6) is 1.20. The largest absolute Gasteiger partial charge is 0.368 e. The van der Waals surface area contributed by atoms with Crippen LogP contribution >= 0.6 is 0 Å². The number of nitrogens with zero attached hydrogens (tertiary/aromatic N) is 5. The van der Waals surface area contributed by atoms with E-state index in [0.29, 0.717) is 5.82 Å². The van der Waals surface area contributed by atoms with E-state index in [1.807, 2.05) is 6.07 Å². The van der Waals surface area contributed by atoms with Crippen LogP contribution in [0.3, 0.4) is 0 Å². The molecule has 0 atom stereocenters. The molecule has 10 heteroatoms. The molecule has 0 aliphatic carbocycles. The fourth-order valence-electron chi connectivity index (χ4n) is 3.50. The number of halogens is 1. The van der Waals surface area contributed by atoms with Gasteiger partial charge in [-0.1, -0.05) is 0 Å². The standard InChI is InChI=1S/C21H25FN6O2S/c1-16-25-21(15-26(16)2)31(29,30)24-14-17-7-8-23-20(13-17)28-11-9-27(10-12-28)19-5-3-18(22)4-6-19/h3-8,13,15,24H,9-12,14H2,1-2H3. The average Bonchev–Trinajstić information content (AvgIpc) is 3.13. The van der Waals surface area contributed by atoms with Gasteiger partial charge in [-0.15, -0.1) is 0 Å². The maximum Gasteiger partial charge on any atom is 0.259 e. The number of nitrogens with one attached hydrogen (secondary N) is 1. The highest BCUT2D eigenvalue weighted by atomic mass is 32.2. The minimum absolute atomic E-state index is 0.0127. The highest BCUT2D eigenvalue weighted by Gasteiger charge is 2.20. The number of pyridine rings is 1. The van der Waals surface area contributed by atoms with Gasteiger partial charge in [-0.25, -0.2) is 27.5 Å². The molecule has 0 bridgehead atoms. The average molecular weight is 445 g/mol. The molecular weight excluding hydrogens is 419 g/mol. The highest BCUT2D eigenvalue weighted by molar-refractivity contribution is 7.89. The second-order valence-corrected chi connectivity index (χ2v) is 9.25. The van der Waals surface area contributed by atoms with Gasteiger partial charge in [0.05, 0.1) is 0 Å². The Labute approximate surface area is 181 Å². The lowest BCUT2D eigenvalue weighted by Crippen LogP contribution is -2.46. The number of rotatable bonds is 6. The summed E-state index contributed by atoms with van der Waals surface area (Å²) >= 11 is 0. The lowest BCUT2D eigenvalue weighted by Gasteiger charge is -2.36. The summed E-state index contributed by atoms with van der Waals surface area (Å²) in [6.45, 7) is 5.04. The van der Waals surface area contributed by atoms with Crippen LogP contribution in [0.1, 0.15) is 11.4 Å². The van der Waals surface area contributed by atoms with Crippen LogP contribution in [-0.4, -0.2) is 49.1 Å². The molecule has 0 spiro atoms. The van der Waals surface area contributed by atoms with Crippen LogP contribution in [0.5, 0.6) is 0 Å². The summed E-state index contributed by atoms with van der Waals surface area (Å²) in [4.78, 5) is 12.9. The van der Waals surface area contributed by atoms with E-state index < -0.39 is 10.0 Å². The van der Waals surface area contributed by atoms with Crippen LogP contribution in [0.2, 0.25) is 0 Å². The van der Waals surface area contributed by atoms with Gasteiger partial charge in [0.15, 0.2) is 5.03 Å². The number of aromatic nitrogens is 3. The van der Waals surface area contributed by atoms with Gasteiger partial charge in [-0.2, -0.15) is 0 Å². The second kappa shape index (κ2) is 8.64. The van der Waals surface area contributed by atoms with Crippen molar-refractivity contribution in [2.45, 2.75) is 18.5 Å². The maximum atomic E-state index is 13.1. The Morgan fingerprint density at radius 1 is 1.06 bits per heavy atom. The third-order valence-electron chi connectivity index (χ3n) is 5.43. The summed E-state index contributed by atoms with van der Waals surface area (Å²) in [7, 11) is -1.93. The number of anilines is 2. The van der Waals surface area contributed by atoms with Crippen molar-refractivity contribution in [1.29, 1.82) is 0 Å². The molecule has 0 amide bonds. The topological polar surface area (TPSA) is 83.4 Å². The van der Waals surface area contributed by atoms with E-state index in [0.717, 1.165) is 43.2 Å². The van der Waals surface area contributed by atoms with E-state index in [1.165, 1.54) is 18.3 Å². The van der Waals surface area contributed by atoms with Crippen LogP contribution in [0.25, 0.3) is 0 Å². The predicted octanol–water partition coefficient (Wildman–Crippen LogP) is 2.07. The number of aryl methyl sites for hydroxylation is 2. The molecule has 2 aromatic heterocycles. The third kappa shape index (κ3) is 4.86. The van der Waals surface area contributed by atoms with Gasteiger partial charge < -0.3 is 14.4 Å². The zero-order valence-electron chi connectivity index (χ0n) is 17.5. The van der Waals surface area contributed by atoms with E-state index in [1.54, 1.807) is 42.9 Å². The molecule has 8 nitrogen and oxygen atoms in total. The predicted molar refractivity (Wildman–Crippen MR) is 117 cm³/mol. The van der Waals surface area contributed by atoms with Crippen molar-refractivity contribution in [3.63, 3.8) is 0 Å². The first-order valence-corrected chi connectivity index (χ1v) is 11.5. The molecular formula is C21H25FN6O2S. The zero-order valence-corrected chi connectivity index (χ0v) is 18.3. The van der Waals surface area contributed by atoms with Crippen LogP contribution in [0.4, 0.5) is 15.9 Å². The van der Waals surface area contributed by atoms with Crippen LogP contribution in [-0.2, 0) is 23.6 Å². The number of piperazine rings is 1. The van der Waals surface area contributed by atoms with E-state index in [-0.39, 0.29) is 17.4 Å². The molecule has 0 unspecified atom stereocenters. The number of sulfonamides is 1. The molecule has 1 fully saturated rings. The first-order valence-electron chi connectivity index (χ1n) is 10.0. The van der Waals surface area contributed by atoms with Gasteiger partial charge in [0, 0.05) is 57.9 Å². The van der Waals surface area contributed by atoms with Gasteiger partial charge in [0.25, 0.3) is 10.0 Å². The zero-order chi connectivity index (χ0) is 22.0. The highest BCUT2D eigenvalue weighted by Crippen LogP contribution is 2.20. The van der Waals surface area contributed by atoms with E-state index >= 15 is 0 Å². The Kier molecular flexibility index (Phi) is 5.92. The smallest absolute Gasteiger partial charge is 0.259 e. The summed E-state index contributed by atoms with van der Waals surface area (Å²) < 4.78 is 42.4. The van der Waals surface area contributed by atoms with E-state index in [9.17, 15) is 12.8 Å². The molecule has 4 rings (SSSR count). The third-order valence-corrected chi connectivity index (χ3v) is 6.71. The Morgan fingerprint density at radius 2 is 1.74 bits per heavy atom. The molecule has 3 heterocycles. The minimum atomic E-state index is -3.69. The molecule has 0 radical (unpaired) electrons. The first-order chi connectivity index (χ1) is 14.8. The molecule has 31 heavy (non-hydrogen) atoms. The number of benzene rings is 1. The van der Waals surface area contributed by atoms with Crippen molar-refractivity contribution < 1.29 is 12.8 Å². The molecule has 1 aliphatic heterocycles. The molecule has 0 saturated carbocycles. The van der Waals surface area contributed by atoms with E-state index in [4.69, 9.17) is 0 Å². The quantitative estimate of drug-likeness (QED) is 0.627. The summed E-state index contributed by atoms with van der Waals surface area (Å²) in [5, 5.41) is 0.0127. The van der Waals surface area contributed by atoms with Gasteiger partial charge in [0.1, 0.15) is 17.5 Å². The lowest BCUT2D eigenvalue weighted by atomic mass is 10.2. The van der Waals surface area contributed by atoms with Gasteiger partial charge >= 0.3 is 0 Å². The first kappa shape index (κ1) is 21.3. The molecule has 1 saturated heterocycles. The SMILES string of the molecule is Cc1nc(S(=O)(=O)NCc2ccnc(N3CCN(c4ccc(F)cc4)CC3)c2)cn1C. The molecule has 1 aromatic carbocycles. The fourth-order valence-corrected chi connectivity index (χ4v) is 4.55. The lowest BCUT2D eigenvalue weighted by molar-refractivity contribution is 0.577. The van der Waals surface area contributed by atoms with Gasteiger partial charge in [-0.05, 0) is 48.9 Å².